The van der Waals surface area contributed by atoms with Crippen molar-refractivity contribution in [3.05, 3.63) is 59.7 Å². The van der Waals surface area contributed by atoms with Crippen molar-refractivity contribution in [2.45, 2.75) is 90.3 Å². The Hall–Kier alpha value is -2.15. The van der Waals surface area contributed by atoms with Gasteiger partial charge in [0.25, 0.3) is 0 Å². The Morgan fingerprint density at radius 3 is 1.94 bits per heavy atom. The maximum absolute atomic E-state index is 9.83. The van der Waals surface area contributed by atoms with Gasteiger partial charge in [0, 0.05) is 11.5 Å². The van der Waals surface area contributed by atoms with Gasteiger partial charge in [0.2, 0.25) is 0 Å². The van der Waals surface area contributed by atoms with Gasteiger partial charge in [0.15, 0.2) is 6.29 Å². The second-order valence-corrected chi connectivity index (χ2v) is 10.5. The molecule has 0 aromatic heterocycles. The predicted molar refractivity (Wildman–Crippen MR) is 138 cm³/mol. The van der Waals surface area contributed by atoms with Gasteiger partial charge in [-0.3, -0.25) is 0 Å². The topological polar surface area (TPSA) is 42.2 Å². The highest BCUT2D eigenvalue weighted by Gasteiger charge is 2.35. The molecule has 0 radical (unpaired) electrons. The van der Waals surface area contributed by atoms with E-state index in [1.54, 1.807) is 0 Å². The molecule has 34 heavy (non-hydrogen) atoms. The molecule has 0 amide bonds. The fourth-order valence-corrected chi connectivity index (χ4v) is 5.73. The highest BCUT2D eigenvalue weighted by Crippen LogP contribution is 2.45. The molecule has 1 aliphatic carbocycles. The summed E-state index contributed by atoms with van der Waals surface area (Å²) < 4.78 is 11.9. The van der Waals surface area contributed by atoms with Gasteiger partial charge >= 0.3 is 0 Å². The lowest BCUT2D eigenvalue weighted by Crippen LogP contribution is -2.26. The first kappa shape index (κ1) is 25.0. The number of hydrogen-bond acceptors (Lipinski definition) is 3. The van der Waals surface area contributed by atoms with Crippen LogP contribution in [0, 0.1) is 22.7 Å². The molecule has 2 aliphatic rings. The third kappa shape index (κ3) is 6.09. The number of ether oxygens (including phenoxy) is 2. The molecule has 1 aliphatic heterocycles. The van der Waals surface area contributed by atoms with Crippen molar-refractivity contribution in [3.63, 3.8) is 0 Å². The van der Waals surface area contributed by atoms with Crippen molar-refractivity contribution in [3.8, 4) is 17.2 Å². The monoisotopic (exact) mass is 459 g/mol. The van der Waals surface area contributed by atoms with E-state index in [0.29, 0.717) is 11.8 Å². The van der Waals surface area contributed by atoms with E-state index in [1.165, 1.54) is 48.8 Å². The number of benzene rings is 2. The van der Waals surface area contributed by atoms with Crippen LogP contribution in [0.15, 0.2) is 48.5 Å². The van der Waals surface area contributed by atoms with E-state index < -0.39 is 0 Å². The molecule has 0 unspecified atom stereocenters. The summed E-state index contributed by atoms with van der Waals surface area (Å²) in [4.78, 5) is 0. The number of hydrogen-bond donors (Lipinski definition) is 0. The molecule has 1 saturated carbocycles. The van der Waals surface area contributed by atoms with E-state index in [-0.39, 0.29) is 11.7 Å². The zero-order valence-electron chi connectivity index (χ0n) is 21.1. The van der Waals surface area contributed by atoms with Gasteiger partial charge in [-0.2, -0.15) is 5.26 Å². The lowest BCUT2D eigenvalue weighted by atomic mass is 9.67. The van der Waals surface area contributed by atoms with Crippen LogP contribution >= 0.6 is 0 Å². The SMILES string of the molecule is CCCCCC1(C#N)CCC(c2ccc(-c3ccc(C4OCC(CCC)CO4)cc3)cc2)CC1. The van der Waals surface area contributed by atoms with Crippen LogP contribution in [0.25, 0.3) is 11.1 Å². The summed E-state index contributed by atoms with van der Waals surface area (Å²) in [6.45, 7) is 6.02. The van der Waals surface area contributed by atoms with Crippen LogP contribution in [-0.2, 0) is 9.47 Å². The summed E-state index contributed by atoms with van der Waals surface area (Å²) in [5, 5.41) is 9.83. The van der Waals surface area contributed by atoms with Gasteiger partial charge in [-0.05, 0) is 61.1 Å². The minimum absolute atomic E-state index is 0.0734. The molecule has 2 aromatic carbocycles. The summed E-state index contributed by atoms with van der Waals surface area (Å²) >= 11 is 0. The van der Waals surface area contributed by atoms with E-state index in [9.17, 15) is 5.26 Å². The first-order valence-corrected chi connectivity index (χ1v) is 13.5. The molecular weight excluding hydrogens is 418 g/mol. The average Bonchev–Trinajstić information content (AvgIpc) is 2.90. The molecule has 1 saturated heterocycles. The Labute approximate surface area is 206 Å². The highest BCUT2D eigenvalue weighted by molar-refractivity contribution is 5.64. The zero-order chi connectivity index (χ0) is 23.8. The van der Waals surface area contributed by atoms with Gasteiger partial charge < -0.3 is 9.47 Å². The van der Waals surface area contributed by atoms with Crippen LogP contribution in [0.3, 0.4) is 0 Å². The number of nitriles is 1. The standard InChI is InChI=1S/C31H41NO2/c1-3-5-6-18-31(23-32)19-16-28(17-20-31)27-10-8-25(9-11-27)26-12-14-29(15-13-26)30-33-21-24(7-4-2)22-34-30/h8-15,24,28,30H,3-7,16-22H2,1-2H3. The third-order valence-corrected chi connectivity index (χ3v) is 8.00. The molecule has 3 heteroatoms. The summed E-state index contributed by atoms with van der Waals surface area (Å²) in [5.74, 6) is 1.11. The molecule has 0 atom stereocenters. The fraction of sp³-hybridized carbons (Fsp3) is 0.581. The Morgan fingerprint density at radius 1 is 0.824 bits per heavy atom. The Morgan fingerprint density at radius 2 is 1.41 bits per heavy atom. The Kier molecular flexibility index (Phi) is 8.81. The van der Waals surface area contributed by atoms with Crippen molar-refractivity contribution in [1.82, 2.24) is 0 Å². The first-order chi connectivity index (χ1) is 16.7. The largest absolute Gasteiger partial charge is 0.348 e. The maximum Gasteiger partial charge on any atom is 0.183 e. The first-order valence-electron chi connectivity index (χ1n) is 13.5. The molecule has 2 aromatic rings. The summed E-state index contributed by atoms with van der Waals surface area (Å²) in [7, 11) is 0. The van der Waals surface area contributed by atoms with Gasteiger partial charge in [-0.25, -0.2) is 0 Å². The van der Waals surface area contributed by atoms with Gasteiger partial charge in [0.05, 0.1) is 24.7 Å². The Bertz CT molecular complexity index is 911. The van der Waals surface area contributed by atoms with Crippen LogP contribution < -0.4 is 0 Å². The summed E-state index contributed by atoms with van der Waals surface area (Å²) in [5.41, 5.74) is 4.91. The second kappa shape index (κ2) is 12.0. The number of unbranched alkanes of at least 4 members (excludes halogenated alkanes) is 2. The normalized spacial score (nSPS) is 27.3. The molecular formula is C31H41NO2. The van der Waals surface area contributed by atoms with E-state index in [4.69, 9.17) is 9.47 Å². The van der Waals surface area contributed by atoms with Crippen LogP contribution in [0.5, 0.6) is 0 Å². The lowest BCUT2D eigenvalue weighted by Gasteiger charge is -2.35. The van der Waals surface area contributed by atoms with E-state index in [2.05, 4.69) is 68.4 Å². The van der Waals surface area contributed by atoms with Crippen molar-refractivity contribution in [1.29, 1.82) is 5.26 Å². The van der Waals surface area contributed by atoms with Crippen LogP contribution in [0.4, 0.5) is 0 Å². The van der Waals surface area contributed by atoms with Crippen molar-refractivity contribution in [2.24, 2.45) is 11.3 Å². The van der Waals surface area contributed by atoms with Gasteiger partial charge in [0.1, 0.15) is 0 Å². The average molecular weight is 460 g/mol. The van der Waals surface area contributed by atoms with Gasteiger partial charge in [-0.1, -0.05) is 88.1 Å². The van der Waals surface area contributed by atoms with Crippen molar-refractivity contribution >= 4 is 0 Å². The Balaban J connectivity index is 1.32. The van der Waals surface area contributed by atoms with E-state index >= 15 is 0 Å². The molecule has 2 fully saturated rings. The van der Waals surface area contributed by atoms with E-state index in [0.717, 1.165) is 50.9 Å². The van der Waals surface area contributed by atoms with E-state index in [1.807, 2.05) is 0 Å². The van der Waals surface area contributed by atoms with Gasteiger partial charge in [-0.15, -0.1) is 0 Å². The summed E-state index contributed by atoms with van der Waals surface area (Å²) in [6, 6.07) is 20.4. The molecule has 0 N–H and O–H groups in total. The van der Waals surface area contributed by atoms with Crippen molar-refractivity contribution < 1.29 is 9.47 Å². The van der Waals surface area contributed by atoms with Crippen LogP contribution in [-0.4, -0.2) is 13.2 Å². The maximum atomic E-state index is 9.83. The molecule has 4 rings (SSSR count). The zero-order valence-corrected chi connectivity index (χ0v) is 21.1. The predicted octanol–water partition coefficient (Wildman–Crippen LogP) is 8.56. The number of nitrogens with zero attached hydrogens (tertiary/aromatic N) is 1. The third-order valence-electron chi connectivity index (χ3n) is 8.00. The second-order valence-electron chi connectivity index (χ2n) is 10.5. The summed E-state index contributed by atoms with van der Waals surface area (Å²) in [6.07, 6.45) is 11.2. The lowest BCUT2D eigenvalue weighted by molar-refractivity contribution is -0.206. The fourth-order valence-electron chi connectivity index (χ4n) is 5.73. The molecule has 0 spiro atoms. The smallest absolute Gasteiger partial charge is 0.183 e. The van der Waals surface area contributed by atoms with Crippen LogP contribution in [0.1, 0.15) is 101 Å². The van der Waals surface area contributed by atoms with Crippen LogP contribution in [0.2, 0.25) is 0 Å². The molecule has 1 heterocycles. The quantitative estimate of drug-likeness (QED) is 0.353. The minimum Gasteiger partial charge on any atom is -0.348 e. The molecule has 182 valence electrons. The molecule has 3 nitrogen and oxygen atoms in total. The number of rotatable bonds is 9. The highest BCUT2D eigenvalue weighted by atomic mass is 16.7. The molecule has 0 bridgehead atoms. The minimum atomic E-state index is -0.238. The van der Waals surface area contributed by atoms with Crippen molar-refractivity contribution in [2.75, 3.05) is 13.2 Å².